The topological polar surface area (TPSA) is 136 Å². The fourth-order valence-electron chi connectivity index (χ4n) is 2.46. The van der Waals surface area contributed by atoms with E-state index in [0.717, 1.165) is 5.69 Å². The van der Waals surface area contributed by atoms with E-state index in [1.807, 2.05) is 11.0 Å². The SMILES string of the molecule is COCCN(CCOC)c1ccc(C#N)cc1NC(=O)Nc1cnc(C#N)cn1. The van der Waals surface area contributed by atoms with Gasteiger partial charge in [-0.2, -0.15) is 10.5 Å². The molecule has 0 radical (unpaired) electrons. The van der Waals surface area contributed by atoms with Crippen molar-refractivity contribution in [3.05, 3.63) is 41.9 Å². The summed E-state index contributed by atoms with van der Waals surface area (Å²) in [6.07, 6.45) is 2.54. The molecule has 29 heavy (non-hydrogen) atoms. The van der Waals surface area contributed by atoms with Crippen molar-refractivity contribution in [2.45, 2.75) is 0 Å². The maximum Gasteiger partial charge on any atom is 0.324 e. The number of urea groups is 1. The summed E-state index contributed by atoms with van der Waals surface area (Å²) < 4.78 is 10.3. The fraction of sp³-hybridized carbons (Fsp3) is 0.316. The predicted molar refractivity (Wildman–Crippen MR) is 107 cm³/mol. The average molecular weight is 395 g/mol. The van der Waals surface area contributed by atoms with Gasteiger partial charge in [0.1, 0.15) is 6.07 Å². The van der Waals surface area contributed by atoms with Crippen molar-refractivity contribution in [3.63, 3.8) is 0 Å². The Labute approximate surface area is 168 Å². The van der Waals surface area contributed by atoms with Crippen LogP contribution in [0.3, 0.4) is 0 Å². The Morgan fingerprint density at radius 1 is 1.07 bits per heavy atom. The molecule has 1 heterocycles. The van der Waals surface area contributed by atoms with Crippen molar-refractivity contribution in [1.82, 2.24) is 9.97 Å². The van der Waals surface area contributed by atoms with E-state index in [-0.39, 0.29) is 11.5 Å². The lowest BCUT2D eigenvalue weighted by molar-refractivity contribution is 0.190. The van der Waals surface area contributed by atoms with Crippen LogP contribution in [0, 0.1) is 22.7 Å². The van der Waals surface area contributed by atoms with Gasteiger partial charge in [0.25, 0.3) is 0 Å². The number of amides is 2. The number of carbonyl (C=O) groups is 1. The van der Waals surface area contributed by atoms with Gasteiger partial charge in [0.2, 0.25) is 0 Å². The van der Waals surface area contributed by atoms with Crippen molar-refractivity contribution < 1.29 is 14.3 Å². The Hall–Kier alpha value is -3.73. The number of nitriles is 2. The Morgan fingerprint density at radius 3 is 2.34 bits per heavy atom. The number of anilines is 3. The smallest absolute Gasteiger partial charge is 0.324 e. The Bertz CT molecular complexity index is 895. The van der Waals surface area contributed by atoms with E-state index in [0.29, 0.717) is 37.6 Å². The highest BCUT2D eigenvalue weighted by Gasteiger charge is 2.15. The molecule has 0 saturated carbocycles. The molecule has 1 aromatic heterocycles. The molecule has 2 N–H and O–H groups in total. The van der Waals surface area contributed by atoms with Gasteiger partial charge in [-0.1, -0.05) is 0 Å². The van der Waals surface area contributed by atoms with E-state index in [2.05, 4.69) is 26.7 Å². The maximum atomic E-state index is 12.4. The van der Waals surface area contributed by atoms with Gasteiger partial charge >= 0.3 is 6.03 Å². The zero-order valence-electron chi connectivity index (χ0n) is 16.2. The summed E-state index contributed by atoms with van der Waals surface area (Å²) in [5, 5.41) is 23.3. The second-order valence-corrected chi connectivity index (χ2v) is 5.79. The van der Waals surface area contributed by atoms with Crippen LogP contribution in [-0.2, 0) is 9.47 Å². The third-order valence-corrected chi connectivity index (χ3v) is 3.85. The van der Waals surface area contributed by atoms with Crippen molar-refractivity contribution in [1.29, 1.82) is 10.5 Å². The first-order valence-electron chi connectivity index (χ1n) is 8.68. The van der Waals surface area contributed by atoms with Gasteiger partial charge < -0.3 is 19.7 Å². The Kier molecular flexibility index (Phi) is 8.32. The first-order valence-corrected chi connectivity index (χ1v) is 8.68. The van der Waals surface area contributed by atoms with Crippen molar-refractivity contribution in [2.24, 2.45) is 0 Å². The monoisotopic (exact) mass is 395 g/mol. The molecule has 10 heteroatoms. The molecule has 0 saturated heterocycles. The van der Waals surface area contributed by atoms with Crippen LogP contribution in [0.2, 0.25) is 0 Å². The van der Waals surface area contributed by atoms with Gasteiger partial charge in [0, 0.05) is 27.3 Å². The van der Waals surface area contributed by atoms with Gasteiger partial charge in [-0.3, -0.25) is 5.32 Å². The number of ether oxygens (including phenoxy) is 2. The summed E-state index contributed by atoms with van der Waals surface area (Å²) >= 11 is 0. The van der Waals surface area contributed by atoms with E-state index >= 15 is 0 Å². The predicted octanol–water partition coefficient (Wildman–Crippen LogP) is 1.96. The van der Waals surface area contributed by atoms with Gasteiger partial charge in [-0.05, 0) is 18.2 Å². The maximum absolute atomic E-state index is 12.4. The number of nitrogens with one attached hydrogen (secondary N) is 2. The molecule has 150 valence electrons. The Balaban J connectivity index is 2.22. The molecule has 0 bridgehead atoms. The summed E-state index contributed by atoms with van der Waals surface area (Å²) in [7, 11) is 3.22. The van der Waals surface area contributed by atoms with Crippen LogP contribution in [-0.4, -0.2) is 56.5 Å². The quantitative estimate of drug-likeness (QED) is 0.657. The zero-order valence-corrected chi connectivity index (χ0v) is 16.2. The second kappa shape index (κ2) is 11.2. The molecule has 0 aliphatic rings. The van der Waals surface area contributed by atoms with Crippen LogP contribution in [0.5, 0.6) is 0 Å². The molecule has 2 amide bonds. The van der Waals surface area contributed by atoms with Crippen LogP contribution >= 0.6 is 0 Å². The fourth-order valence-corrected chi connectivity index (χ4v) is 2.46. The van der Waals surface area contributed by atoms with E-state index in [4.69, 9.17) is 14.7 Å². The van der Waals surface area contributed by atoms with Gasteiger partial charge in [-0.15, -0.1) is 0 Å². The third-order valence-electron chi connectivity index (χ3n) is 3.85. The molecular weight excluding hydrogens is 374 g/mol. The largest absolute Gasteiger partial charge is 0.383 e. The zero-order chi connectivity index (χ0) is 21.1. The van der Waals surface area contributed by atoms with Crippen LogP contribution in [0.4, 0.5) is 22.0 Å². The van der Waals surface area contributed by atoms with Gasteiger partial charge in [0.05, 0.1) is 48.6 Å². The minimum Gasteiger partial charge on any atom is -0.383 e. The van der Waals surface area contributed by atoms with Crippen LogP contribution in [0.15, 0.2) is 30.6 Å². The van der Waals surface area contributed by atoms with Crippen molar-refractivity contribution in [3.8, 4) is 12.1 Å². The summed E-state index contributed by atoms with van der Waals surface area (Å²) in [5.41, 5.74) is 1.72. The number of methoxy groups -OCH3 is 2. The van der Waals surface area contributed by atoms with Crippen molar-refractivity contribution in [2.75, 3.05) is 56.1 Å². The van der Waals surface area contributed by atoms with Crippen LogP contribution < -0.4 is 15.5 Å². The van der Waals surface area contributed by atoms with Gasteiger partial charge in [0.15, 0.2) is 11.5 Å². The minimum absolute atomic E-state index is 0.145. The van der Waals surface area contributed by atoms with Crippen LogP contribution in [0.1, 0.15) is 11.3 Å². The molecule has 0 unspecified atom stereocenters. The molecule has 0 aliphatic carbocycles. The van der Waals surface area contributed by atoms with Crippen molar-refractivity contribution >= 4 is 23.2 Å². The number of nitrogens with zero attached hydrogens (tertiary/aromatic N) is 5. The third kappa shape index (κ3) is 6.43. The van der Waals surface area contributed by atoms with Crippen LogP contribution in [0.25, 0.3) is 0 Å². The lowest BCUT2D eigenvalue weighted by Gasteiger charge is -2.27. The highest BCUT2D eigenvalue weighted by Crippen LogP contribution is 2.27. The highest BCUT2D eigenvalue weighted by atomic mass is 16.5. The number of rotatable bonds is 9. The molecular formula is C19H21N7O3. The second-order valence-electron chi connectivity index (χ2n) is 5.79. The number of aromatic nitrogens is 2. The normalized spacial score (nSPS) is 9.93. The van der Waals surface area contributed by atoms with E-state index < -0.39 is 6.03 Å². The number of hydrogen-bond donors (Lipinski definition) is 2. The molecule has 0 atom stereocenters. The molecule has 2 aromatic rings. The van der Waals surface area contributed by atoms with E-state index in [1.165, 1.54) is 12.4 Å². The highest BCUT2D eigenvalue weighted by molar-refractivity contribution is 6.01. The van der Waals surface area contributed by atoms with E-state index in [9.17, 15) is 10.1 Å². The number of benzene rings is 1. The summed E-state index contributed by atoms with van der Waals surface area (Å²) in [6.45, 7) is 2.11. The van der Waals surface area contributed by atoms with Gasteiger partial charge in [-0.25, -0.2) is 14.8 Å². The standard InChI is InChI=1S/C19H21N7O3/c1-28-7-5-26(6-8-29-2)17-4-3-14(10-20)9-16(17)24-19(27)25-18-13-22-15(11-21)12-23-18/h3-4,9,12-13H,5-8H2,1-2H3,(H2,23,24,25,27). The molecule has 0 aliphatic heterocycles. The average Bonchev–Trinajstić information content (AvgIpc) is 2.74. The first kappa shape index (κ1) is 21.6. The number of hydrogen-bond acceptors (Lipinski definition) is 8. The molecule has 2 rings (SSSR count). The first-order chi connectivity index (χ1) is 14.1. The minimum atomic E-state index is -0.557. The molecule has 0 spiro atoms. The molecule has 1 aromatic carbocycles. The Morgan fingerprint density at radius 2 is 1.79 bits per heavy atom. The number of carbonyl (C=O) groups excluding carboxylic acids is 1. The molecule has 10 nitrogen and oxygen atoms in total. The summed E-state index contributed by atoms with van der Waals surface area (Å²) in [4.78, 5) is 22.2. The lowest BCUT2D eigenvalue weighted by atomic mass is 10.1. The van der Waals surface area contributed by atoms with E-state index in [1.54, 1.807) is 32.4 Å². The summed E-state index contributed by atoms with van der Waals surface area (Å²) in [6, 6.07) is 8.39. The lowest BCUT2D eigenvalue weighted by Crippen LogP contribution is -2.32. The molecule has 0 fully saturated rings. The summed E-state index contributed by atoms with van der Waals surface area (Å²) in [5.74, 6) is 0.190.